The van der Waals surface area contributed by atoms with Gasteiger partial charge in [-0.25, -0.2) is 0 Å². The molecule has 0 aliphatic heterocycles. The molecule has 0 radical (unpaired) electrons. The van der Waals surface area contributed by atoms with Gasteiger partial charge in [-0.2, -0.15) is 0 Å². The van der Waals surface area contributed by atoms with E-state index in [0.717, 1.165) is 12.8 Å². The Hall–Kier alpha value is -0.570. The van der Waals surface area contributed by atoms with Gasteiger partial charge in [0.05, 0.1) is 5.41 Å². The summed E-state index contributed by atoms with van der Waals surface area (Å²) in [4.78, 5) is 10.9. The molecule has 76 valence electrons. The molecule has 1 fully saturated rings. The maximum Gasteiger partial charge on any atom is 0.310 e. The Morgan fingerprint density at radius 3 is 2.31 bits per heavy atom. The third kappa shape index (κ3) is 2.02. The van der Waals surface area contributed by atoms with Crippen molar-refractivity contribution in [1.29, 1.82) is 0 Å². The fourth-order valence-corrected chi connectivity index (χ4v) is 2.05. The largest absolute Gasteiger partial charge is 0.481 e. The lowest BCUT2D eigenvalue weighted by atomic mass is 9.77. The van der Waals surface area contributed by atoms with Crippen molar-refractivity contribution in [3.05, 3.63) is 0 Å². The fourth-order valence-electron chi connectivity index (χ4n) is 2.05. The molecule has 13 heavy (non-hydrogen) atoms. The van der Waals surface area contributed by atoms with Crippen LogP contribution < -0.4 is 5.73 Å². The molecule has 0 spiro atoms. The highest BCUT2D eigenvalue weighted by Crippen LogP contribution is 2.34. The van der Waals surface area contributed by atoms with Crippen molar-refractivity contribution in [2.24, 2.45) is 17.1 Å². The number of carboxylic acid groups (broad SMARTS) is 1. The van der Waals surface area contributed by atoms with E-state index in [1.165, 1.54) is 12.8 Å². The van der Waals surface area contributed by atoms with E-state index in [4.69, 9.17) is 10.8 Å². The Kier molecular flexibility index (Phi) is 2.96. The van der Waals surface area contributed by atoms with Crippen LogP contribution in [0, 0.1) is 11.3 Å². The van der Waals surface area contributed by atoms with E-state index in [9.17, 15) is 4.79 Å². The average molecular weight is 185 g/mol. The Morgan fingerprint density at radius 2 is 1.92 bits per heavy atom. The van der Waals surface area contributed by atoms with E-state index in [1.54, 1.807) is 13.8 Å². The Morgan fingerprint density at radius 1 is 1.46 bits per heavy atom. The number of hydrogen-bond acceptors (Lipinski definition) is 2. The quantitative estimate of drug-likeness (QED) is 0.702. The molecule has 0 aromatic carbocycles. The predicted octanol–water partition coefficient (Wildman–Crippen LogP) is 1.61. The van der Waals surface area contributed by atoms with Crippen LogP contribution in [0.3, 0.4) is 0 Å². The Bertz CT molecular complexity index is 195. The molecule has 1 saturated carbocycles. The van der Waals surface area contributed by atoms with Crippen LogP contribution in [-0.2, 0) is 4.79 Å². The van der Waals surface area contributed by atoms with Crippen molar-refractivity contribution >= 4 is 5.97 Å². The van der Waals surface area contributed by atoms with E-state index in [1.807, 2.05) is 0 Å². The van der Waals surface area contributed by atoms with Gasteiger partial charge in [-0.3, -0.25) is 4.79 Å². The number of carbonyl (C=O) groups is 1. The van der Waals surface area contributed by atoms with Crippen molar-refractivity contribution in [1.82, 2.24) is 0 Å². The molecule has 3 nitrogen and oxygen atoms in total. The highest BCUT2D eigenvalue weighted by atomic mass is 16.4. The van der Waals surface area contributed by atoms with Crippen molar-refractivity contribution in [2.45, 2.75) is 45.6 Å². The molecule has 1 atom stereocenters. The summed E-state index contributed by atoms with van der Waals surface area (Å²) in [6, 6.07) is -0.201. The first-order valence-corrected chi connectivity index (χ1v) is 4.95. The molecule has 1 aliphatic rings. The first kappa shape index (κ1) is 10.5. The van der Waals surface area contributed by atoms with Gasteiger partial charge in [0.15, 0.2) is 0 Å². The molecular weight excluding hydrogens is 166 g/mol. The minimum atomic E-state index is -0.785. The molecule has 0 heterocycles. The minimum absolute atomic E-state index is 0.201. The molecule has 0 aromatic heterocycles. The van der Waals surface area contributed by atoms with Crippen LogP contribution in [0.4, 0.5) is 0 Å². The summed E-state index contributed by atoms with van der Waals surface area (Å²) >= 11 is 0. The molecule has 0 unspecified atom stereocenters. The van der Waals surface area contributed by atoms with E-state index in [0.29, 0.717) is 5.92 Å². The van der Waals surface area contributed by atoms with Gasteiger partial charge < -0.3 is 10.8 Å². The average Bonchev–Trinajstić information content (AvgIpc) is 2.54. The van der Waals surface area contributed by atoms with Crippen molar-refractivity contribution in [3.8, 4) is 0 Å². The summed E-state index contributed by atoms with van der Waals surface area (Å²) < 4.78 is 0. The smallest absolute Gasteiger partial charge is 0.310 e. The molecule has 0 aromatic rings. The lowest BCUT2D eigenvalue weighted by Gasteiger charge is -2.31. The van der Waals surface area contributed by atoms with Crippen LogP contribution in [0.2, 0.25) is 0 Å². The molecule has 0 amide bonds. The number of rotatable bonds is 3. The van der Waals surface area contributed by atoms with Gasteiger partial charge in [0.2, 0.25) is 0 Å². The maximum atomic E-state index is 10.9. The molecule has 1 aliphatic carbocycles. The Balaban J connectivity index is 2.64. The minimum Gasteiger partial charge on any atom is -0.481 e. The maximum absolute atomic E-state index is 10.9. The molecule has 1 rings (SSSR count). The second kappa shape index (κ2) is 3.66. The van der Waals surface area contributed by atoms with Gasteiger partial charge in [-0.05, 0) is 32.6 Å². The van der Waals surface area contributed by atoms with Gasteiger partial charge >= 0.3 is 5.97 Å². The van der Waals surface area contributed by atoms with E-state index < -0.39 is 11.4 Å². The summed E-state index contributed by atoms with van der Waals surface area (Å²) in [5.41, 5.74) is 5.19. The molecule has 0 bridgehead atoms. The summed E-state index contributed by atoms with van der Waals surface area (Å²) in [6.07, 6.45) is 4.60. The number of nitrogens with two attached hydrogens (primary N) is 1. The van der Waals surface area contributed by atoms with Gasteiger partial charge in [0.1, 0.15) is 0 Å². The summed E-state index contributed by atoms with van der Waals surface area (Å²) in [5, 5.41) is 8.99. The molecular formula is C10H19NO2. The van der Waals surface area contributed by atoms with Crippen LogP contribution in [-0.4, -0.2) is 17.1 Å². The third-order valence-electron chi connectivity index (χ3n) is 3.29. The zero-order valence-electron chi connectivity index (χ0n) is 8.42. The molecule has 3 heteroatoms. The topological polar surface area (TPSA) is 63.3 Å². The first-order valence-electron chi connectivity index (χ1n) is 4.95. The van der Waals surface area contributed by atoms with Crippen molar-refractivity contribution < 1.29 is 9.90 Å². The number of carboxylic acids is 1. The monoisotopic (exact) mass is 185 g/mol. The standard InChI is InChI=1S/C10H19NO2/c1-10(2,9(12)13)8(11)7-5-3-4-6-7/h7-8H,3-6,11H2,1-2H3,(H,12,13)/t8-/m1/s1. The number of aliphatic carboxylic acids is 1. The second-order valence-corrected chi connectivity index (χ2v) is 4.60. The summed E-state index contributed by atoms with van der Waals surface area (Å²) in [6.45, 7) is 3.44. The van der Waals surface area contributed by atoms with E-state index in [-0.39, 0.29) is 6.04 Å². The van der Waals surface area contributed by atoms with Crippen LogP contribution in [0.5, 0.6) is 0 Å². The fraction of sp³-hybridized carbons (Fsp3) is 0.900. The molecule has 3 N–H and O–H groups in total. The van der Waals surface area contributed by atoms with E-state index in [2.05, 4.69) is 0 Å². The molecule has 0 saturated heterocycles. The second-order valence-electron chi connectivity index (χ2n) is 4.60. The van der Waals surface area contributed by atoms with E-state index >= 15 is 0 Å². The highest BCUT2D eigenvalue weighted by Gasteiger charge is 2.39. The predicted molar refractivity (Wildman–Crippen MR) is 51.4 cm³/mol. The zero-order valence-corrected chi connectivity index (χ0v) is 8.42. The zero-order chi connectivity index (χ0) is 10.1. The Labute approximate surface area is 79.3 Å². The third-order valence-corrected chi connectivity index (χ3v) is 3.29. The van der Waals surface area contributed by atoms with Crippen LogP contribution in [0.15, 0.2) is 0 Å². The SMILES string of the molecule is CC(C)(C(=O)O)[C@H](N)C1CCCC1. The lowest BCUT2D eigenvalue weighted by Crippen LogP contribution is -2.47. The van der Waals surface area contributed by atoms with Crippen LogP contribution >= 0.6 is 0 Å². The first-order chi connectivity index (χ1) is 5.96. The van der Waals surface area contributed by atoms with Crippen LogP contribution in [0.1, 0.15) is 39.5 Å². The summed E-state index contributed by atoms with van der Waals surface area (Å²) in [7, 11) is 0. The summed E-state index contributed by atoms with van der Waals surface area (Å²) in [5.74, 6) is -0.377. The lowest BCUT2D eigenvalue weighted by molar-refractivity contribution is -0.148. The van der Waals surface area contributed by atoms with Gasteiger partial charge in [0, 0.05) is 6.04 Å². The van der Waals surface area contributed by atoms with Gasteiger partial charge in [-0.15, -0.1) is 0 Å². The van der Waals surface area contributed by atoms with Gasteiger partial charge in [0.25, 0.3) is 0 Å². The van der Waals surface area contributed by atoms with Crippen LogP contribution in [0.25, 0.3) is 0 Å². The van der Waals surface area contributed by atoms with Crippen molar-refractivity contribution in [3.63, 3.8) is 0 Å². The number of hydrogen-bond donors (Lipinski definition) is 2. The van der Waals surface area contributed by atoms with Crippen molar-refractivity contribution in [2.75, 3.05) is 0 Å². The highest BCUT2D eigenvalue weighted by molar-refractivity contribution is 5.74. The van der Waals surface area contributed by atoms with Gasteiger partial charge in [-0.1, -0.05) is 12.8 Å². The normalized spacial score (nSPS) is 21.8.